The zero-order valence-electron chi connectivity index (χ0n) is 10.8. The third-order valence-corrected chi connectivity index (χ3v) is 3.84. The van der Waals surface area contributed by atoms with Crippen LogP contribution in [0.15, 0.2) is 30.3 Å². The van der Waals surface area contributed by atoms with Crippen LogP contribution in [0.2, 0.25) is 10.0 Å². The standard InChI is InChI=1S/C15H15Cl2NO/c1-9-3-6-14(10(2)15(9)19)18-8-11-4-5-12(16)13(17)7-11/h3-7,18-19H,8H2,1-2H3. The minimum atomic E-state index is 0.333. The number of halogens is 2. The molecule has 19 heavy (non-hydrogen) atoms. The van der Waals surface area contributed by atoms with E-state index in [2.05, 4.69) is 5.32 Å². The van der Waals surface area contributed by atoms with Crippen LogP contribution in [0.5, 0.6) is 5.75 Å². The molecule has 0 unspecified atom stereocenters. The van der Waals surface area contributed by atoms with Crippen molar-refractivity contribution in [3.8, 4) is 5.75 Å². The number of aryl methyl sites for hydroxylation is 1. The number of nitrogens with one attached hydrogen (secondary N) is 1. The summed E-state index contributed by atoms with van der Waals surface area (Å²) in [4.78, 5) is 0. The number of anilines is 1. The Morgan fingerprint density at radius 2 is 1.79 bits per heavy atom. The Morgan fingerprint density at radius 3 is 2.47 bits per heavy atom. The van der Waals surface area contributed by atoms with E-state index in [0.717, 1.165) is 22.4 Å². The molecule has 2 aromatic rings. The van der Waals surface area contributed by atoms with Gasteiger partial charge in [-0.2, -0.15) is 0 Å². The summed E-state index contributed by atoms with van der Waals surface area (Å²) in [6, 6.07) is 9.38. The SMILES string of the molecule is Cc1ccc(NCc2ccc(Cl)c(Cl)c2)c(C)c1O. The molecule has 0 heterocycles. The molecule has 0 aliphatic carbocycles. The molecule has 0 radical (unpaired) electrons. The van der Waals surface area contributed by atoms with Gasteiger partial charge in [0.1, 0.15) is 5.75 Å². The maximum atomic E-state index is 9.89. The minimum absolute atomic E-state index is 0.333. The maximum absolute atomic E-state index is 9.89. The fourth-order valence-corrected chi connectivity index (χ4v) is 2.19. The fraction of sp³-hybridized carbons (Fsp3) is 0.200. The summed E-state index contributed by atoms with van der Waals surface area (Å²) in [6.07, 6.45) is 0. The number of benzene rings is 2. The number of phenolic OH excluding ortho intramolecular Hbond substituents is 1. The molecule has 0 bridgehead atoms. The van der Waals surface area contributed by atoms with Gasteiger partial charge in [0.05, 0.1) is 10.0 Å². The summed E-state index contributed by atoms with van der Waals surface area (Å²) in [7, 11) is 0. The molecule has 4 heteroatoms. The monoisotopic (exact) mass is 295 g/mol. The van der Waals surface area contributed by atoms with Gasteiger partial charge < -0.3 is 10.4 Å². The van der Waals surface area contributed by atoms with Crippen molar-refractivity contribution in [3.63, 3.8) is 0 Å². The Bertz CT molecular complexity index is 611. The van der Waals surface area contributed by atoms with Crippen molar-refractivity contribution in [1.82, 2.24) is 0 Å². The van der Waals surface area contributed by atoms with Crippen molar-refractivity contribution in [2.24, 2.45) is 0 Å². The first kappa shape index (κ1) is 14.0. The molecule has 0 saturated heterocycles. The Hall–Kier alpha value is -1.38. The van der Waals surface area contributed by atoms with Crippen LogP contribution < -0.4 is 5.32 Å². The molecule has 0 saturated carbocycles. The summed E-state index contributed by atoms with van der Waals surface area (Å²) < 4.78 is 0. The summed E-state index contributed by atoms with van der Waals surface area (Å²) >= 11 is 11.8. The maximum Gasteiger partial charge on any atom is 0.123 e. The lowest BCUT2D eigenvalue weighted by molar-refractivity contribution is 0.467. The van der Waals surface area contributed by atoms with Crippen molar-refractivity contribution < 1.29 is 5.11 Å². The van der Waals surface area contributed by atoms with Gasteiger partial charge in [-0.05, 0) is 43.2 Å². The van der Waals surface area contributed by atoms with Crippen LogP contribution in [-0.2, 0) is 6.54 Å². The van der Waals surface area contributed by atoms with E-state index in [1.165, 1.54) is 0 Å². The molecular weight excluding hydrogens is 281 g/mol. The van der Waals surface area contributed by atoms with Gasteiger partial charge in [0.15, 0.2) is 0 Å². The van der Waals surface area contributed by atoms with Gasteiger partial charge in [-0.1, -0.05) is 35.3 Å². The second kappa shape index (κ2) is 5.72. The highest BCUT2D eigenvalue weighted by Crippen LogP contribution is 2.29. The lowest BCUT2D eigenvalue weighted by atomic mass is 10.1. The number of phenols is 1. The van der Waals surface area contributed by atoms with Gasteiger partial charge in [0, 0.05) is 17.8 Å². The van der Waals surface area contributed by atoms with Crippen molar-refractivity contribution in [3.05, 3.63) is 57.1 Å². The molecule has 2 nitrogen and oxygen atoms in total. The molecule has 2 aromatic carbocycles. The van der Waals surface area contributed by atoms with E-state index in [9.17, 15) is 5.11 Å². The molecule has 0 aromatic heterocycles. The first-order valence-electron chi connectivity index (χ1n) is 5.96. The van der Waals surface area contributed by atoms with Gasteiger partial charge >= 0.3 is 0 Å². The highest BCUT2D eigenvalue weighted by Gasteiger charge is 2.06. The third-order valence-electron chi connectivity index (χ3n) is 3.10. The summed E-state index contributed by atoms with van der Waals surface area (Å²) in [5.41, 5.74) is 3.67. The van der Waals surface area contributed by atoms with Crippen LogP contribution in [0.25, 0.3) is 0 Å². The van der Waals surface area contributed by atoms with Crippen LogP contribution in [0, 0.1) is 13.8 Å². The third kappa shape index (κ3) is 3.14. The van der Waals surface area contributed by atoms with E-state index in [1.807, 2.05) is 38.1 Å². The van der Waals surface area contributed by atoms with Gasteiger partial charge in [-0.3, -0.25) is 0 Å². The van der Waals surface area contributed by atoms with Gasteiger partial charge in [0.25, 0.3) is 0 Å². The summed E-state index contributed by atoms with van der Waals surface area (Å²) in [5, 5.41) is 14.3. The Balaban J connectivity index is 2.14. The molecule has 0 atom stereocenters. The van der Waals surface area contributed by atoms with Gasteiger partial charge in [-0.15, -0.1) is 0 Å². The molecule has 0 fully saturated rings. The zero-order chi connectivity index (χ0) is 14.0. The lowest BCUT2D eigenvalue weighted by Crippen LogP contribution is -2.01. The average Bonchev–Trinajstić information content (AvgIpc) is 2.39. The first-order valence-corrected chi connectivity index (χ1v) is 6.71. The smallest absolute Gasteiger partial charge is 0.123 e. The highest BCUT2D eigenvalue weighted by atomic mass is 35.5. The van der Waals surface area contributed by atoms with Crippen LogP contribution in [0.1, 0.15) is 16.7 Å². The quantitative estimate of drug-likeness (QED) is 0.842. The molecule has 2 N–H and O–H groups in total. The molecule has 0 aliphatic heterocycles. The molecule has 0 amide bonds. The second-order valence-corrected chi connectivity index (χ2v) is 5.32. The van der Waals surface area contributed by atoms with Crippen molar-refractivity contribution in [2.45, 2.75) is 20.4 Å². The summed E-state index contributed by atoms with van der Waals surface area (Å²) in [5.74, 6) is 0.333. The van der Waals surface area contributed by atoms with Crippen molar-refractivity contribution >= 4 is 28.9 Å². The van der Waals surface area contributed by atoms with Gasteiger partial charge in [0.2, 0.25) is 0 Å². The summed E-state index contributed by atoms with van der Waals surface area (Å²) in [6.45, 7) is 4.39. The first-order chi connectivity index (χ1) is 8.99. The normalized spacial score (nSPS) is 10.5. The average molecular weight is 296 g/mol. The highest BCUT2D eigenvalue weighted by molar-refractivity contribution is 6.42. The second-order valence-electron chi connectivity index (χ2n) is 4.51. The van der Waals surface area contributed by atoms with E-state index in [4.69, 9.17) is 23.2 Å². The van der Waals surface area contributed by atoms with E-state index in [-0.39, 0.29) is 0 Å². The molecule has 100 valence electrons. The Kier molecular flexibility index (Phi) is 4.23. The fourth-order valence-electron chi connectivity index (χ4n) is 1.87. The van der Waals surface area contributed by atoms with E-state index in [0.29, 0.717) is 22.3 Å². The molecule has 0 spiro atoms. The van der Waals surface area contributed by atoms with Crippen LogP contribution in [0.4, 0.5) is 5.69 Å². The zero-order valence-corrected chi connectivity index (χ0v) is 12.3. The van der Waals surface area contributed by atoms with E-state index < -0.39 is 0 Å². The molecular formula is C15H15Cl2NO. The van der Waals surface area contributed by atoms with Crippen LogP contribution >= 0.6 is 23.2 Å². The van der Waals surface area contributed by atoms with Gasteiger partial charge in [-0.25, -0.2) is 0 Å². The predicted molar refractivity (Wildman–Crippen MR) is 81.4 cm³/mol. The lowest BCUT2D eigenvalue weighted by Gasteiger charge is -2.12. The number of rotatable bonds is 3. The van der Waals surface area contributed by atoms with Crippen molar-refractivity contribution in [2.75, 3.05) is 5.32 Å². The molecule has 0 aliphatic rings. The number of hydrogen-bond donors (Lipinski definition) is 2. The van der Waals surface area contributed by atoms with Crippen molar-refractivity contribution in [1.29, 1.82) is 0 Å². The van der Waals surface area contributed by atoms with Crippen LogP contribution in [-0.4, -0.2) is 5.11 Å². The van der Waals surface area contributed by atoms with Crippen LogP contribution in [0.3, 0.4) is 0 Å². The predicted octanol–water partition coefficient (Wildman–Crippen LogP) is 4.93. The topological polar surface area (TPSA) is 32.3 Å². The minimum Gasteiger partial charge on any atom is -0.507 e. The van der Waals surface area contributed by atoms with E-state index in [1.54, 1.807) is 6.07 Å². The number of hydrogen-bond acceptors (Lipinski definition) is 2. The Morgan fingerprint density at radius 1 is 1.05 bits per heavy atom. The Labute approximate surface area is 123 Å². The number of aromatic hydroxyl groups is 1. The largest absolute Gasteiger partial charge is 0.507 e. The molecule has 2 rings (SSSR count). The van der Waals surface area contributed by atoms with E-state index >= 15 is 0 Å².